The molecule has 1 saturated carbocycles. The van der Waals surface area contributed by atoms with Gasteiger partial charge in [0.2, 0.25) is 5.91 Å². The fourth-order valence-electron chi connectivity index (χ4n) is 2.40. The number of alkyl halides is 3. The zero-order valence-electron chi connectivity index (χ0n) is 11.7. The van der Waals surface area contributed by atoms with Crippen LogP contribution in [0.1, 0.15) is 37.3 Å². The molecule has 2 aromatic rings. The number of halogens is 3. The largest absolute Gasteiger partial charge is 0.389 e. The van der Waals surface area contributed by atoms with Gasteiger partial charge in [0.1, 0.15) is 0 Å². The van der Waals surface area contributed by atoms with Crippen LogP contribution in [0.4, 0.5) is 13.2 Å². The van der Waals surface area contributed by atoms with Gasteiger partial charge in [-0.1, -0.05) is 0 Å². The van der Waals surface area contributed by atoms with Crippen molar-refractivity contribution in [3.8, 4) is 0 Å². The van der Waals surface area contributed by atoms with Crippen molar-refractivity contribution in [1.82, 2.24) is 19.9 Å². The number of amides is 1. The molecule has 1 N–H and O–H groups in total. The highest BCUT2D eigenvalue weighted by atomic mass is 19.4. The second-order valence-electron chi connectivity index (χ2n) is 5.52. The quantitative estimate of drug-likeness (QED) is 0.923. The van der Waals surface area contributed by atoms with Crippen molar-refractivity contribution in [3.05, 3.63) is 30.2 Å². The maximum atomic E-state index is 12.2. The summed E-state index contributed by atoms with van der Waals surface area (Å²) in [7, 11) is 0. The van der Waals surface area contributed by atoms with Crippen LogP contribution in [0.2, 0.25) is 0 Å². The van der Waals surface area contributed by atoms with E-state index in [0.29, 0.717) is 5.65 Å². The molecule has 1 aliphatic carbocycles. The van der Waals surface area contributed by atoms with Gasteiger partial charge in [-0.2, -0.15) is 18.3 Å². The highest BCUT2D eigenvalue weighted by Crippen LogP contribution is 2.41. The van der Waals surface area contributed by atoms with Gasteiger partial charge in [-0.3, -0.25) is 4.79 Å². The zero-order chi connectivity index (χ0) is 15.7. The van der Waals surface area contributed by atoms with Gasteiger partial charge in [-0.25, -0.2) is 9.50 Å². The number of carbonyl (C=O) groups excluding carboxylic acids is 1. The Balaban J connectivity index is 1.71. The maximum Gasteiger partial charge on any atom is 0.389 e. The molecule has 22 heavy (non-hydrogen) atoms. The average molecular weight is 312 g/mol. The summed E-state index contributed by atoms with van der Waals surface area (Å²) in [5.41, 5.74) is 1.43. The molecule has 0 aromatic carbocycles. The molecule has 0 spiro atoms. The lowest BCUT2D eigenvalue weighted by Crippen LogP contribution is -2.30. The molecule has 0 saturated heterocycles. The number of aromatic nitrogens is 3. The monoisotopic (exact) mass is 312 g/mol. The van der Waals surface area contributed by atoms with E-state index in [2.05, 4.69) is 15.4 Å². The van der Waals surface area contributed by atoms with Crippen molar-refractivity contribution in [2.75, 3.05) is 0 Å². The van der Waals surface area contributed by atoms with Gasteiger partial charge < -0.3 is 5.32 Å². The minimum atomic E-state index is -4.32. The summed E-state index contributed by atoms with van der Waals surface area (Å²) in [6, 6.07) is 1.51. The third-order valence-electron chi connectivity index (χ3n) is 3.68. The second kappa shape index (κ2) is 5.58. The van der Waals surface area contributed by atoms with E-state index in [0.717, 1.165) is 18.4 Å². The summed E-state index contributed by atoms with van der Waals surface area (Å²) in [6.45, 7) is 0. The molecule has 2 heterocycles. The molecule has 1 atom stereocenters. The first-order chi connectivity index (χ1) is 10.4. The van der Waals surface area contributed by atoms with E-state index in [-0.39, 0.29) is 12.0 Å². The summed E-state index contributed by atoms with van der Waals surface area (Å²) < 4.78 is 38.2. The number of hydrogen-bond donors (Lipinski definition) is 1. The van der Waals surface area contributed by atoms with Gasteiger partial charge in [-0.15, -0.1) is 0 Å². The Bertz CT molecular complexity index is 678. The third kappa shape index (κ3) is 3.55. The fraction of sp³-hybridized carbons (Fsp3) is 0.500. The topological polar surface area (TPSA) is 59.3 Å². The molecule has 3 rings (SSSR count). The maximum absolute atomic E-state index is 12.2. The van der Waals surface area contributed by atoms with Crippen LogP contribution in [0, 0.1) is 5.92 Å². The molecule has 0 bridgehead atoms. The van der Waals surface area contributed by atoms with E-state index >= 15 is 0 Å². The standard InChI is InChI=1S/C14H15F3N4O/c15-14(16,17)4-3-12(22)20-13(9-1-2-9)10-7-11-18-5-6-21(11)19-8-10/h5-9,13H,1-4H2,(H,20,22)/t13-/m0/s1. The van der Waals surface area contributed by atoms with Crippen LogP contribution >= 0.6 is 0 Å². The van der Waals surface area contributed by atoms with E-state index in [9.17, 15) is 18.0 Å². The van der Waals surface area contributed by atoms with Crippen molar-refractivity contribution < 1.29 is 18.0 Å². The van der Waals surface area contributed by atoms with Crippen LogP contribution in [0.5, 0.6) is 0 Å². The Hall–Kier alpha value is -2.12. The third-order valence-corrected chi connectivity index (χ3v) is 3.68. The second-order valence-corrected chi connectivity index (χ2v) is 5.52. The number of imidazole rings is 1. The Labute approximate surface area is 124 Å². The number of rotatable bonds is 5. The van der Waals surface area contributed by atoms with Gasteiger partial charge in [0, 0.05) is 18.8 Å². The summed E-state index contributed by atoms with van der Waals surface area (Å²) in [5, 5.41) is 6.90. The predicted octanol–water partition coefficient (Wildman–Crippen LogP) is 2.64. The molecule has 5 nitrogen and oxygen atoms in total. The van der Waals surface area contributed by atoms with Crippen molar-refractivity contribution in [2.45, 2.75) is 37.9 Å². The van der Waals surface area contributed by atoms with Crippen LogP contribution in [0.3, 0.4) is 0 Å². The smallest absolute Gasteiger partial charge is 0.349 e. The van der Waals surface area contributed by atoms with Crippen molar-refractivity contribution in [2.24, 2.45) is 5.92 Å². The van der Waals surface area contributed by atoms with Crippen LogP contribution in [-0.2, 0) is 4.79 Å². The minimum Gasteiger partial charge on any atom is -0.349 e. The predicted molar refractivity (Wildman–Crippen MR) is 71.9 cm³/mol. The molecule has 1 fully saturated rings. The fourth-order valence-corrected chi connectivity index (χ4v) is 2.40. The molecular formula is C14H15F3N4O. The molecule has 1 amide bonds. The highest BCUT2D eigenvalue weighted by molar-refractivity contribution is 5.76. The number of hydrogen-bond acceptors (Lipinski definition) is 3. The number of carbonyl (C=O) groups is 1. The van der Waals surface area contributed by atoms with Crippen LogP contribution < -0.4 is 5.32 Å². The van der Waals surface area contributed by atoms with Gasteiger partial charge in [0.15, 0.2) is 5.65 Å². The van der Waals surface area contributed by atoms with E-state index in [4.69, 9.17) is 0 Å². The number of nitrogens with one attached hydrogen (secondary N) is 1. The van der Waals surface area contributed by atoms with Crippen LogP contribution in [0.25, 0.3) is 5.65 Å². The molecule has 0 radical (unpaired) electrons. The molecular weight excluding hydrogens is 297 g/mol. The van der Waals surface area contributed by atoms with Gasteiger partial charge in [0.25, 0.3) is 0 Å². The molecule has 0 unspecified atom stereocenters. The first kappa shape index (κ1) is 14.8. The summed E-state index contributed by atoms with van der Waals surface area (Å²) in [6.07, 6.45) is 0.866. The van der Waals surface area contributed by atoms with Crippen molar-refractivity contribution in [3.63, 3.8) is 0 Å². The first-order valence-electron chi connectivity index (χ1n) is 7.08. The Morgan fingerprint density at radius 2 is 2.23 bits per heavy atom. The van der Waals surface area contributed by atoms with E-state index < -0.39 is 24.9 Å². The molecule has 2 aromatic heterocycles. The number of fused-ring (bicyclic) bond motifs is 1. The van der Waals surface area contributed by atoms with E-state index in [1.807, 2.05) is 0 Å². The Kier molecular flexibility index (Phi) is 3.76. The van der Waals surface area contributed by atoms with Gasteiger partial charge in [-0.05, 0) is 30.4 Å². The molecule has 8 heteroatoms. The van der Waals surface area contributed by atoms with E-state index in [1.165, 1.54) is 0 Å². The Morgan fingerprint density at radius 3 is 2.91 bits per heavy atom. The summed E-state index contributed by atoms with van der Waals surface area (Å²) in [5.74, 6) is -0.327. The average Bonchev–Trinajstić information content (AvgIpc) is 3.18. The summed E-state index contributed by atoms with van der Waals surface area (Å²) in [4.78, 5) is 15.9. The molecule has 118 valence electrons. The number of nitrogens with zero attached hydrogens (tertiary/aromatic N) is 3. The van der Waals surface area contributed by atoms with Gasteiger partial charge >= 0.3 is 6.18 Å². The SMILES string of the molecule is O=C(CCC(F)(F)F)N[C@H](c1cnn2ccnc2c1)C1CC1. The van der Waals surface area contributed by atoms with Crippen molar-refractivity contribution >= 4 is 11.6 Å². The molecule has 0 aliphatic heterocycles. The lowest BCUT2D eigenvalue weighted by atomic mass is 10.0. The van der Waals surface area contributed by atoms with Crippen LogP contribution in [0.15, 0.2) is 24.7 Å². The zero-order valence-corrected chi connectivity index (χ0v) is 11.7. The first-order valence-corrected chi connectivity index (χ1v) is 7.08. The minimum absolute atomic E-state index is 0.258. The van der Waals surface area contributed by atoms with E-state index in [1.54, 1.807) is 29.2 Å². The summed E-state index contributed by atoms with van der Waals surface area (Å²) >= 11 is 0. The lowest BCUT2D eigenvalue weighted by molar-refractivity contribution is -0.144. The Morgan fingerprint density at radius 1 is 1.45 bits per heavy atom. The normalized spacial score (nSPS) is 16.7. The van der Waals surface area contributed by atoms with Gasteiger partial charge in [0.05, 0.1) is 18.7 Å². The highest BCUT2D eigenvalue weighted by Gasteiger charge is 2.35. The van der Waals surface area contributed by atoms with Crippen LogP contribution in [-0.4, -0.2) is 26.7 Å². The molecule has 1 aliphatic rings. The van der Waals surface area contributed by atoms with Crippen molar-refractivity contribution in [1.29, 1.82) is 0 Å². The lowest BCUT2D eigenvalue weighted by Gasteiger charge is -2.19.